The van der Waals surface area contributed by atoms with Crippen LogP contribution in [0.4, 0.5) is 17.1 Å². The molecule has 0 aliphatic carbocycles. The molecule has 0 amide bonds. The van der Waals surface area contributed by atoms with Crippen LogP contribution in [0.3, 0.4) is 0 Å². The Morgan fingerprint density at radius 2 is 1.37 bits per heavy atom. The number of rotatable bonds is 11. The van der Waals surface area contributed by atoms with Crippen LogP contribution in [-0.2, 0) is 6.67 Å². The summed E-state index contributed by atoms with van der Waals surface area (Å²) in [7, 11) is 0. The molecule has 0 bridgehead atoms. The summed E-state index contributed by atoms with van der Waals surface area (Å²) < 4.78 is 2.26. The van der Waals surface area contributed by atoms with Gasteiger partial charge in [-0.25, -0.2) is 9.97 Å². The highest BCUT2D eigenvalue weighted by molar-refractivity contribution is 6.12. The van der Waals surface area contributed by atoms with Crippen LogP contribution in [0.1, 0.15) is 23.9 Å². The molecule has 0 fully saturated rings. The maximum absolute atomic E-state index is 9.48. The normalized spacial score (nSPS) is 11.8. The summed E-state index contributed by atoms with van der Waals surface area (Å²) in [5.41, 5.74) is 9.14. The van der Waals surface area contributed by atoms with E-state index in [0.717, 1.165) is 66.6 Å². The molecule has 248 valence electrons. The second-order valence-electron chi connectivity index (χ2n) is 12.0. The van der Waals surface area contributed by atoms with E-state index in [2.05, 4.69) is 65.6 Å². The Balaban J connectivity index is 1.32. The smallest absolute Gasteiger partial charge is 0.179 e. The summed E-state index contributed by atoms with van der Waals surface area (Å²) in [6, 6.07) is 44.3. The molecule has 7 aromatic rings. The molecular weight excluding hydrogens is 625 g/mol. The number of benzene rings is 5. The van der Waals surface area contributed by atoms with Gasteiger partial charge in [0.2, 0.25) is 0 Å². The first kappa shape index (κ1) is 32.7. The molecule has 0 saturated heterocycles. The number of anilines is 3. The topological polar surface area (TPSA) is 78.6 Å². The average Bonchev–Trinajstić information content (AvgIpc) is 3.50. The van der Waals surface area contributed by atoms with Crippen molar-refractivity contribution in [1.29, 1.82) is 5.41 Å². The fourth-order valence-electron chi connectivity index (χ4n) is 6.45. The van der Waals surface area contributed by atoms with Gasteiger partial charge in [-0.2, -0.15) is 0 Å². The lowest BCUT2D eigenvalue weighted by Crippen LogP contribution is -2.31. The van der Waals surface area contributed by atoms with Crippen molar-refractivity contribution in [2.24, 2.45) is 0 Å². The Morgan fingerprint density at radius 1 is 0.765 bits per heavy atom. The van der Waals surface area contributed by atoms with Crippen molar-refractivity contribution in [2.75, 3.05) is 10.6 Å². The summed E-state index contributed by atoms with van der Waals surface area (Å²) in [5, 5.41) is 20.1. The predicted molar refractivity (Wildman–Crippen MR) is 215 cm³/mol. The highest BCUT2D eigenvalue weighted by atomic mass is 15.1. The molecule has 0 aliphatic heterocycles. The van der Waals surface area contributed by atoms with Gasteiger partial charge in [-0.1, -0.05) is 141 Å². The molecule has 6 nitrogen and oxygen atoms in total. The monoisotopic (exact) mass is 662 g/mol. The third kappa shape index (κ3) is 6.63. The highest BCUT2D eigenvalue weighted by Crippen LogP contribution is 2.31. The number of aromatic nitrogens is 3. The molecule has 0 spiro atoms. The molecule has 51 heavy (non-hydrogen) atoms. The number of nitrogens with one attached hydrogen (secondary N) is 3. The SMILES string of the molecule is C=C/C=c1\c(=C/C)c2ccc(C=C)c(Nc3ccccc3)c2n1CNc1ccccc1C(=N)c1nc(-c2ccccc2)cc(-c2ccccc2)n1. The van der Waals surface area contributed by atoms with Crippen molar-refractivity contribution in [2.45, 2.75) is 13.6 Å². The van der Waals surface area contributed by atoms with Crippen LogP contribution < -0.4 is 21.2 Å². The molecule has 2 heterocycles. The van der Waals surface area contributed by atoms with E-state index in [1.165, 1.54) is 0 Å². The van der Waals surface area contributed by atoms with Gasteiger partial charge in [0.05, 0.1) is 34.6 Å². The van der Waals surface area contributed by atoms with Gasteiger partial charge in [0.1, 0.15) is 5.71 Å². The average molecular weight is 663 g/mol. The van der Waals surface area contributed by atoms with E-state index in [1.54, 1.807) is 0 Å². The minimum atomic E-state index is 0.228. The van der Waals surface area contributed by atoms with Crippen molar-refractivity contribution in [1.82, 2.24) is 14.5 Å². The standard InChI is InChI=1S/C45H38N6/c1-4-18-41-35(6-3)36-28-27-31(5-2)43(48-34-23-14-9-15-24-34)44(36)51(41)30-47-38-26-17-16-25-37(38)42(46)45-49-39(32-19-10-7-11-20-32)29-40(50-45)33-21-12-8-13-22-33/h4-29,46-48H,1-2,30H2,3H3/b35-6-,41-18+,46-42?. The van der Waals surface area contributed by atoms with Crippen LogP contribution in [0.2, 0.25) is 0 Å². The zero-order valence-electron chi connectivity index (χ0n) is 28.5. The fraction of sp³-hybridized carbons (Fsp3) is 0.0444. The van der Waals surface area contributed by atoms with Crippen LogP contribution >= 0.6 is 0 Å². The van der Waals surface area contributed by atoms with Gasteiger partial charge in [0.25, 0.3) is 0 Å². The van der Waals surface area contributed by atoms with E-state index in [9.17, 15) is 5.41 Å². The van der Waals surface area contributed by atoms with Gasteiger partial charge in [-0.3, -0.25) is 5.41 Å². The molecule has 3 N–H and O–H groups in total. The van der Waals surface area contributed by atoms with Gasteiger partial charge in [0.15, 0.2) is 5.82 Å². The van der Waals surface area contributed by atoms with Gasteiger partial charge in [-0.05, 0) is 42.8 Å². The van der Waals surface area contributed by atoms with Crippen molar-refractivity contribution in [3.8, 4) is 22.5 Å². The lowest BCUT2D eigenvalue weighted by atomic mass is 10.0. The minimum absolute atomic E-state index is 0.228. The van der Waals surface area contributed by atoms with E-state index < -0.39 is 0 Å². The van der Waals surface area contributed by atoms with E-state index in [1.807, 2.05) is 127 Å². The van der Waals surface area contributed by atoms with E-state index in [-0.39, 0.29) is 5.71 Å². The summed E-state index contributed by atoms with van der Waals surface area (Å²) in [5.74, 6) is 0.351. The number of hydrogen-bond donors (Lipinski definition) is 3. The maximum atomic E-state index is 9.48. The summed E-state index contributed by atoms with van der Waals surface area (Å²) in [4.78, 5) is 9.85. The number of fused-ring (bicyclic) bond motifs is 1. The molecule has 0 unspecified atom stereocenters. The van der Waals surface area contributed by atoms with Crippen LogP contribution in [0, 0.1) is 5.41 Å². The second-order valence-corrected chi connectivity index (χ2v) is 12.0. The quantitative estimate of drug-likeness (QED) is 0.121. The zero-order valence-corrected chi connectivity index (χ0v) is 28.5. The lowest BCUT2D eigenvalue weighted by Gasteiger charge is -2.18. The van der Waals surface area contributed by atoms with Crippen LogP contribution in [0.25, 0.3) is 51.6 Å². The minimum Gasteiger partial charge on any atom is -0.367 e. The largest absolute Gasteiger partial charge is 0.367 e. The van der Waals surface area contributed by atoms with Crippen molar-refractivity contribution >= 4 is 51.9 Å². The highest BCUT2D eigenvalue weighted by Gasteiger charge is 2.18. The van der Waals surface area contributed by atoms with Crippen LogP contribution in [0.15, 0.2) is 153 Å². The first-order valence-corrected chi connectivity index (χ1v) is 16.9. The number of para-hydroxylation sites is 2. The number of nitrogens with zero attached hydrogens (tertiary/aromatic N) is 3. The Morgan fingerprint density at radius 3 is 1.98 bits per heavy atom. The van der Waals surface area contributed by atoms with E-state index in [0.29, 0.717) is 18.1 Å². The molecule has 0 aliphatic rings. The van der Waals surface area contributed by atoms with E-state index in [4.69, 9.17) is 9.97 Å². The Kier molecular flexibility index (Phi) is 9.48. The maximum Gasteiger partial charge on any atom is 0.179 e. The Bertz CT molecular complexity index is 2440. The van der Waals surface area contributed by atoms with Crippen LogP contribution in [-0.4, -0.2) is 20.2 Å². The first-order valence-electron chi connectivity index (χ1n) is 16.9. The van der Waals surface area contributed by atoms with Crippen LogP contribution in [0.5, 0.6) is 0 Å². The van der Waals surface area contributed by atoms with Gasteiger partial charge in [0, 0.05) is 38.7 Å². The summed E-state index contributed by atoms with van der Waals surface area (Å²) >= 11 is 0. The zero-order chi connectivity index (χ0) is 35.2. The second kappa shape index (κ2) is 14.8. The van der Waals surface area contributed by atoms with Crippen molar-refractivity contribution < 1.29 is 0 Å². The fourth-order valence-corrected chi connectivity index (χ4v) is 6.45. The Hall–Kier alpha value is -6.79. The molecular formula is C45H38N6. The predicted octanol–water partition coefficient (Wildman–Crippen LogP) is 9.40. The molecule has 7 rings (SSSR count). The number of hydrogen-bond acceptors (Lipinski definition) is 5. The number of allylic oxidation sites excluding steroid dienone is 1. The van der Waals surface area contributed by atoms with Gasteiger partial charge < -0.3 is 15.2 Å². The third-order valence-electron chi connectivity index (χ3n) is 8.88. The molecule has 0 atom stereocenters. The molecule has 0 saturated carbocycles. The summed E-state index contributed by atoms with van der Waals surface area (Å²) in [6.07, 6.45) is 7.88. The Labute approximate surface area is 298 Å². The van der Waals surface area contributed by atoms with Gasteiger partial charge in [-0.15, -0.1) is 0 Å². The lowest BCUT2D eigenvalue weighted by molar-refractivity contribution is 0.784. The molecule has 0 radical (unpaired) electrons. The van der Waals surface area contributed by atoms with Gasteiger partial charge >= 0.3 is 0 Å². The van der Waals surface area contributed by atoms with Crippen molar-refractivity contribution in [3.63, 3.8) is 0 Å². The molecule has 6 heteroatoms. The third-order valence-corrected chi connectivity index (χ3v) is 8.88. The first-order chi connectivity index (χ1) is 25.1. The van der Waals surface area contributed by atoms with E-state index >= 15 is 0 Å². The summed E-state index contributed by atoms with van der Waals surface area (Å²) in [6.45, 7) is 10.6. The van der Waals surface area contributed by atoms with Crippen molar-refractivity contribution in [3.05, 3.63) is 180 Å². The molecule has 5 aromatic carbocycles. The molecule has 2 aromatic heterocycles.